The van der Waals surface area contributed by atoms with Crippen molar-refractivity contribution in [2.75, 3.05) is 0 Å². The number of nitrogens with zero attached hydrogens (tertiary/aromatic N) is 4. The van der Waals surface area contributed by atoms with Gasteiger partial charge in [0.05, 0.1) is 17.6 Å². The van der Waals surface area contributed by atoms with Crippen LogP contribution in [0.3, 0.4) is 0 Å². The largest absolute Gasteiger partial charge is 1.00 e. The molecule has 5 nitrogen and oxygen atoms in total. The minimum atomic E-state index is 0. The van der Waals surface area contributed by atoms with Crippen molar-refractivity contribution in [2.24, 2.45) is 0 Å². The molecule has 0 N–H and O–H groups in total. The normalized spacial score (nSPS) is 9.93. The Hall–Kier alpha value is -3.21. The molecule has 0 unspecified atom stereocenters. The summed E-state index contributed by atoms with van der Waals surface area (Å²) in [5.41, 5.74) is 3.71. The molecular weight excluding hydrogens is 388 g/mol. The summed E-state index contributed by atoms with van der Waals surface area (Å²) in [4.78, 5) is 16.8. The Kier molecular flexibility index (Phi) is 6.15. The van der Waals surface area contributed by atoms with Crippen LogP contribution in [0.4, 0.5) is 0 Å². The molecule has 27 heavy (non-hydrogen) atoms. The minimum Gasteiger partial charge on any atom is -0.663 e. The van der Waals surface area contributed by atoms with Crippen LogP contribution in [0.25, 0.3) is 33.7 Å². The number of hydrogen-bond acceptors (Lipinski definition) is 4. The summed E-state index contributed by atoms with van der Waals surface area (Å²) in [6, 6.07) is 19.5. The summed E-state index contributed by atoms with van der Waals surface area (Å²) in [6.07, 6.45) is 8.53. The number of para-hydroxylation sites is 1. The fraction of sp³-hybridized carbons (Fsp3) is 0. The number of aromatic nitrogens is 4. The molecule has 4 aromatic heterocycles. The Bertz CT molecular complexity index is 1040. The van der Waals surface area contributed by atoms with E-state index in [1.54, 1.807) is 31.1 Å². The summed E-state index contributed by atoms with van der Waals surface area (Å²) in [7, 11) is 0. The van der Waals surface area contributed by atoms with Crippen LogP contribution in [0.2, 0.25) is 0 Å². The predicted octanol–water partition coefficient (Wildman–Crippen LogP) is 4.59. The molecule has 0 aliphatic heterocycles. The van der Waals surface area contributed by atoms with Gasteiger partial charge in [-0.3, -0.25) is 9.97 Å². The number of oxazole rings is 1. The van der Waals surface area contributed by atoms with E-state index in [1.807, 2.05) is 60.7 Å². The van der Waals surface area contributed by atoms with Gasteiger partial charge in [-0.1, -0.05) is 36.4 Å². The number of fused-ring (bicyclic) bond motifs is 1. The van der Waals surface area contributed by atoms with Crippen molar-refractivity contribution in [2.45, 2.75) is 0 Å². The first-order valence-corrected chi connectivity index (χ1v) is 8.14. The van der Waals surface area contributed by atoms with Crippen molar-refractivity contribution in [1.82, 2.24) is 19.9 Å². The molecule has 5 rings (SSSR count). The molecule has 0 radical (unpaired) electrons. The number of rotatable bonds is 2. The van der Waals surface area contributed by atoms with Crippen molar-refractivity contribution >= 4 is 10.9 Å². The molecule has 6 heteroatoms. The topological polar surface area (TPSA) is 65.9 Å². The molecule has 0 saturated carbocycles. The molecule has 0 atom stereocenters. The Labute approximate surface area is 167 Å². The van der Waals surface area contributed by atoms with Crippen LogP contribution in [0.5, 0.6) is 0 Å². The van der Waals surface area contributed by atoms with Gasteiger partial charge in [-0.15, -0.1) is 5.52 Å². The van der Waals surface area contributed by atoms with E-state index in [1.165, 1.54) is 0 Å². The van der Waals surface area contributed by atoms with Crippen molar-refractivity contribution in [3.8, 4) is 22.8 Å². The summed E-state index contributed by atoms with van der Waals surface area (Å²) >= 11 is 0. The summed E-state index contributed by atoms with van der Waals surface area (Å²) < 4.78 is 5.25. The number of pyridine rings is 2. The molecule has 0 fully saturated rings. The number of hydrogen-bond donors (Lipinski definition) is 0. The number of benzene rings is 1. The summed E-state index contributed by atoms with van der Waals surface area (Å²) in [6.45, 7) is 0. The van der Waals surface area contributed by atoms with Crippen LogP contribution in [0.15, 0.2) is 96.1 Å². The summed E-state index contributed by atoms with van der Waals surface area (Å²) in [5, 5.41) is 1.11. The van der Waals surface area contributed by atoms with Gasteiger partial charge in [0.25, 0.3) is 0 Å². The van der Waals surface area contributed by atoms with E-state index in [9.17, 15) is 0 Å². The molecule has 0 spiro atoms. The molecule has 4 heterocycles. The second kappa shape index (κ2) is 8.94. The van der Waals surface area contributed by atoms with Crippen molar-refractivity contribution in [3.63, 3.8) is 0 Å². The molecule has 0 amide bonds. The monoisotopic (exact) mass is 402 g/mol. The van der Waals surface area contributed by atoms with Crippen molar-refractivity contribution in [1.29, 1.82) is 0 Å². The second-order valence-corrected chi connectivity index (χ2v) is 5.46. The second-order valence-electron chi connectivity index (χ2n) is 5.46. The van der Waals surface area contributed by atoms with Crippen molar-refractivity contribution < 1.29 is 21.5 Å². The Balaban J connectivity index is 0.000000152. The first kappa shape index (κ1) is 18.6. The van der Waals surface area contributed by atoms with Crippen LogP contribution < -0.4 is 4.98 Å². The van der Waals surface area contributed by atoms with Gasteiger partial charge in [0.2, 0.25) is 5.89 Å². The molecule has 1 aromatic carbocycles. The van der Waals surface area contributed by atoms with Gasteiger partial charge in [0.15, 0.2) is 0 Å². The molecule has 0 bridgehead atoms. The first-order chi connectivity index (χ1) is 12.9. The zero-order valence-electron chi connectivity index (χ0n) is 14.2. The van der Waals surface area contributed by atoms with E-state index in [-0.39, 0.29) is 17.1 Å². The van der Waals surface area contributed by atoms with Crippen LogP contribution >= 0.6 is 0 Å². The maximum atomic E-state index is 5.25. The van der Waals surface area contributed by atoms with Crippen LogP contribution in [0.1, 0.15) is 0 Å². The standard InChI is InChI=1S/C11H7N2O.C10H8N2.Cu/c1-2-8-4-5-12-10(8)9(3-1)11-13-6-7-14-11;1-3-7-11-9(5-1)10-6-2-4-8-12-10;/h1-7H;1-8H;/q-1;;+1. The molecule has 0 aliphatic rings. The Morgan fingerprint density at radius 3 is 2.04 bits per heavy atom. The molecule has 5 aromatic rings. The van der Waals surface area contributed by atoms with Crippen LogP contribution in [-0.4, -0.2) is 15.0 Å². The predicted molar refractivity (Wildman–Crippen MR) is 100 cm³/mol. The molecule has 0 saturated heterocycles. The minimum absolute atomic E-state index is 0. The molecule has 136 valence electrons. The smallest absolute Gasteiger partial charge is 0.663 e. The van der Waals surface area contributed by atoms with Gasteiger partial charge in [-0.2, -0.15) is 6.20 Å². The van der Waals surface area contributed by atoms with E-state index >= 15 is 0 Å². The first-order valence-electron chi connectivity index (χ1n) is 8.14. The third kappa shape index (κ3) is 4.31. The van der Waals surface area contributed by atoms with Crippen LogP contribution in [0, 0.1) is 0 Å². The van der Waals surface area contributed by atoms with E-state index in [2.05, 4.69) is 19.9 Å². The molecule has 0 aliphatic carbocycles. The van der Waals surface area contributed by atoms with Gasteiger partial charge in [-0.05, 0) is 29.7 Å². The average molecular weight is 403 g/mol. The van der Waals surface area contributed by atoms with Gasteiger partial charge < -0.3 is 9.40 Å². The summed E-state index contributed by atoms with van der Waals surface area (Å²) in [5.74, 6) is 0.620. The average Bonchev–Trinajstić information content (AvgIpc) is 3.41. The third-order valence-corrected chi connectivity index (χ3v) is 3.78. The van der Waals surface area contributed by atoms with Gasteiger partial charge in [0, 0.05) is 18.0 Å². The van der Waals surface area contributed by atoms with E-state index in [0.29, 0.717) is 5.89 Å². The van der Waals surface area contributed by atoms with E-state index < -0.39 is 0 Å². The maximum absolute atomic E-state index is 5.25. The quantitative estimate of drug-likeness (QED) is 0.404. The zero-order valence-corrected chi connectivity index (χ0v) is 15.1. The zero-order chi connectivity index (χ0) is 17.6. The Morgan fingerprint density at radius 1 is 0.704 bits per heavy atom. The van der Waals surface area contributed by atoms with E-state index in [4.69, 9.17) is 4.42 Å². The van der Waals surface area contributed by atoms with Gasteiger partial charge in [0.1, 0.15) is 6.26 Å². The SMILES string of the molecule is [Cu+].c1cc(-c2ncco2)c2[n-]ccc2c1.c1ccc(-c2ccccn2)nc1. The molecular formula is C21H15CuN4O. The van der Waals surface area contributed by atoms with E-state index in [0.717, 1.165) is 27.9 Å². The Morgan fingerprint density at radius 2 is 1.44 bits per heavy atom. The fourth-order valence-electron chi connectivity index (χ4n) is 2.59. The fourth-order valence-corrected chi connectivity index (χ4v) is 2.59. The van der Waals surface area contributed by atoms with Crippen molar-refractivity contribution in [3.05, 3.63) is 91.7 Å². The maximum Gasteiger partial charge on any atom is 1.00 e. The van der Waals surface area contributed by atoms with Crippen LogP contribution in [-0.2, 0) is 17.1 Å². The van der Waals surface area contributed by atoms with Gasteiger partial charge in [-0.25, -0.2) is 4.98 Å². The third-order valence-electron chi connectivity index (χ3n) is 3.78. The van der Waals surface area contributed by atoms with Gasteiger partial charge >= 0.3 is 17.1 Å².